The molecule has 0 radical (unpaired) electrons. The summed E-state index contributed by atoms with van der Waals surface area (Å²) in [5, 5.41) is 9.96. The highest BCUT2D eigenvalue weighted by Gasteiger charge is 2.37. The van der Waals surface area contributed by atoms with Crippen molar-refractivity contribution in [2.24, 2.45) is 12.8 Å². The predicted molar refractivity (Wildman–Crippen MR) is 118 cm³/mol. The van der Waals surface area contributed by atoms with Crippen LogP contribution in [0.25, 0.3) is 11.1 Å². The number of anilines is 3. The van der Waals surface area contributed by atoms with Crippen molar-refractivity contribution in [1.82, 2.24) is 19.7 Å². The molecule has 1 aromatic carbocycles. The SMILES string of the molecule is Cn1cc(-c2cnc(Nc3cc(C(F)(F)F)cc(C(F)(F)F)c3)nc2N[C@H]2CC[C@H](N)CC2)cn1. The Balaban J connectivity index is 1.69. The molecular weight excluding hydrogens is 476 g/mol. The number of benzene rings is 1. The maximum absolute atomic E-state index is 13.2. The van der Waals surface area contributed by atoms with Crippen LogP contribution < -0.4 is 16.4 Å². The Bertz CT molecular complexity index is 1150. The molecule has 7 nitrogen and oxygen atoms in total. The van der Waals surface area contributed by atoms with E-state index in [2.05, 4.69) is 25.7 Å². The maximum Gasteiger partial charge on any atom is 0.416 e. The molecule has 0 spiro atoms. The molecule has 35 heavy (non-hydrogen) atoms. The molecule has 1 saturated carbocycles. The minimum absolute atomic E-state index is 0.0540. The molecule has 3 aromatic rings. The fourth-order valence-electron chi connectivity index (χ4n) is 3.94. The topological polar surface area (TPSA) is 93.7 Å². The number of hydrogen-bond donors (Lipinski definition) is 3. The van der Waals surface area contributed by atoms with Gasteiger partial charge in [0.2, 0.25) is 5.95 Å². The highest BCUT2D eigenvalue weighted by Crippen LogP contribution is 2.38. The van der Waals surface area contributed by atoms with Crippen LogP contribution in [0.5, 0.6) is 0 Å². The van der Waals surface area contributed by atoms with Crippen LogP contribution in [0.4, 0.5) is 43.8 Å². The fraction of sp³-hybridized carbons (Fsp3) is 0.409. The highest BCUT2D eigenvalue weighted by atomic mass is 19.4. The maximum atomic E-state index is 13.2. The van der Waals surface area contributed by atoms with Crippen molar-refractivity contribution in [2.75, 3.05) is 10.6 Å². The first-order chi connectivity index (χ1) is 16.4. The molecule has 1 aliphatic rings. The van der Waals surface area contributed by atoms with Gasteiger partial charge in [-0.2, -0.15) is 36.4 Å². The zero-order valence-electron chi connectivity index (χ0n) is 18.6. The van der Waals surface area contributed by atoms with Gasteiger partial charge in [-0.05, 0) is 43.9 Å². The lowest BCUT2D eigenvalue weighted by Crippen LogP contribution is -2.33. The number of nitrogens with zero attached hydrogens (tertiary/aromatic N) is 4. The summed E-state index contributed by atoms with van der Waals surface area (Å²) in [6.07, 6.45) is -1.89. The van der Waals surface area contributed by atoms with Crippen molar-refractivity contribution in [1.29, 1.82) is 0 Å². The molecule has 188 valence electrons. The number of rotatable bonds is 5. The van der Waals surface area contributed by atoms with Gasteiger partial charge in [0.15, 0.2) is 0 Å². The Morgan fingerprint density at radius 3 is 2.11 bits per heavy atom. The molecule has 2 heterocycles. The van der Waals surface area contributed by atoms with E-state index in [0.29, 0.717) is 29.1 Å². The van der Waals surface area contributed by atoms with Crippen LogP contribution in [-0.2, 0) is 19.4 Å². The second-order valence-corrected chi connectivity index (χ2v) is 8.53. The van der Waals surface area contributed by atoms with Crippen molar-refractivity contribution < 1.29 is 26.3 Å². The fourth-order valence-corrected chi connectivity index (χ4v) is 3.94. The summed E-state index contributed by atoms with van der Waals surface area (Å²) < 4.78 is 80.9. The summed E-state index contributed by atoms with van der Waals surface area (Å²) in [7, 11) is 1.74. The lowest BCUT2D eigenvalue weighted by Gasteiger charge is -2.28. The van der Waals surface area contributed by atoms with Crippen LogP contribution in [-0.4, -0.2) is 31.8 Å². The van der Waals surface area contributed by atoms with Crippen molar-refractivity contribution in [3.05, 3.63) is 47.9 Å². The number of hydrogen-bond acceptors (Lipinski definition) is 6. The number of alkyl halides is 6. The summed E-state index contributed by atoms with van der Waals surface area (Å²) in [5.74, 6) is 0.235. The smallest absolute Gasteiger partial charge is 0.367 e. The van der Waals surface area contributed by atoms with Gasteiger partial charge in [-0.15, -0.1) is 0 Å². The molecular formula is C22H23F6N7. The number of aromatic nitrogens is 4. The van der Waals surface area contributed by atoms with Crippen LogP contribution >= 0.6 is 0 Å². The highest BCUT2D eigenvalue weighted by molar-refractivity contribution is 5.75. The number of nitrogens with two attached hydrogens (primary N) is 1. The van der Waals surface area contributed by atoms with Crippen LogP contribution in [0.3, 0.4) is 0 Å². The van der Waals surface area contributed by atoms with E-state index >= 15 is 0 Å². The van der Waals surface area contributed by atoms with E-state index in [1.165, 1.54) is 6.20 Å². The summed E-state index contributed by atoms with van der Waals surface area (Å²) >= 11 is 0. The van der Waals surface area contributed by atoms with Crippen molar-refractivity contribution >= 4 is 17.5 Å². The van der Waals surface area contributed by atoms with Gasteiger partial charge in [-0.25, -0.2) is 4.98 Å². The molecule has 0 unspecified atom stereocenters. The quantitative estimate of drug-likeness (QED) is 0.411. The Kier molecular flexibility index (Phi) is 6.62. The van der Waals surface area contributed by atoms with E-state index in [9.17, 15) is 26.3 Å². The molecule has 1 fully saturated rings. The number of aryl methyl sites for hydroxylation is 1. The molecule has 0 bridgehead atoms. The second kappa shape index (κ2) is 9.36. The monoisotopic (exact) mass is 499 g/mol. The largest absolute Gasteiger partial charge is 0.416 e. The third kappa shape index (κ3) is 6.02. The van der Waals surface area contributed by atoms with Gasteiger partial charge in [-0.1, -0.05) is 0 Å². The Morgan fingerprint density at radius 2 is 1.57 bits per heavy atom. The van der Waals surface area contributed by atoms with E-state index in [1.54, 1.807) is 24.1 Å². The third-order valence-corrected chi connectivity index (χ3v) is 5.76. The average Bonchev–Trinajstić information content (AvgIpc) is 3.20. The lowest BCUT2D eigenvalue weighted by molar-refractivity contribution is -0.143. The van der Waals surface area contributed by atoms with Gasteiger partial charge in [-0.3, -0.25) is 4.68 Å². The van der Waals surface area contributed by atoms with Gasteiger partial charge in [0.25, 0.3) is 0 Å². The van der Waals surface area contributed by atoms with Crippen LogP contribution in [0, 0.1) is 0 Å². The van der Waals surface area contributed by atoms with Crippen LogP contribution in [0.2, 0.25) is 0 Å². The third-order valence-electron chi connectivity index (χ3n) is 5.76. The van der Waals surface area contributed by atoms with Crippen molar-refractivity contribution in [2.45, 2.75) is 50.1 Å². The number of nitrogens with one attached hydrogen (secondary N) is 2. The summed E-state index contributed by atoms with van der Waals surface area (Å²) in [6.45, 7) is 0. The van der Waals surface area contributed by atoms with Gasteiger partial charge in [0.1, 0.15) is 5.82 Å². The molecule has 2 aromatic heterocycles. The first-order valence-corrected chi connectivity index (χ1v) is 10.8. The van der Waals surface area contributed by atoms with Crippen molar-refractivity contribution in [3.8, 4) is 11.1 Å². The molecule has 0 saturated heterocycles. The molecule has 0 aliphatic heterocycles. The van der Waals surface area contributed by atoms with Gasteiger partial charge in [0.05, 0.1) is 17.3 Å². The van der Waals surface area contributed by atoms with Gasteiger partial charge < -0.3 is 16.4 Å². The molecule has 4 rings (SSSR count). The predicted octanol–water partition coefficient (Wildman–Crippen LogP) is 5.34. The molecule has 0 amide bonds. The zero-order valence-corrected chi connectivity index (χ0v) is 18.6. The first-order valence-electron chi connectivity index (χ1n) is 10.8. The van der Waals surface area contributed by atoms with E-state index < -0.39 is 29.2 Å². The van der Waals surface area contributed by atoms with E-state index in [0.717, 1.165) is 25.7 Å². The summed E-state index contributed by atoms with van der Waals surface area (Å²) in [6, 6.07) is 1.42. The van der Waals surface area contributed by atoms with Crippen LogP contribution in [0.15, 0.2) is 36.8 Å². The molecule has 0 atom stereocenters. The van der Waals surface area contributed by atoms with Gasteiger partial charge in [0, 0.05) is 48.3 Å². The average molecular weight is 499 g/mol. The normalized spacial score (nSPS) is 19.0. The Hall–Kier alpha value is -3.35. The Morgan fingerprint density at radius 1 is 0.943 bits per heavy atom. The second-order valence-electron chi connectivity index (χ2n) is 8.53. The Labute approximate surface area is 196 Å². The minimum Gasteiger partial charge on any atom is -0.367 e. The van der Waals surface area contributed by atoms with E-state index in [4.69, 9.17) is 5.73 Å². The summed E-state index contributed by atoms with van der Waals surface area (Å²) in [5.41, 5.74) is 3.97. The minimum atomic E-state index is -4.96. The van der Waals surface area contributed by atoms with Gasteiger partial charge >= 0.3 is 12.4 Å². The molecule has 4 N–H and O–H groups in total. The lowest BCUT2D eigenvalue weighted by atomic mass is 9.91. The summed E-state index contributed by atoms with van der Waals surface area (Å²) in [4.78, 5) is 8.51. The zero-order chi connectivity index (χ0) is 25.4. The van der Waals surface area contributed by atoms with Crippen molar-refractivity contribution in [3.63, 3.8) is 0 Å². The first kappa shape index (κ1) is 24.8. The van der Waals surface area contributed by atoms with E-state index in [-0.39, 0.29) is 24.1 Å². The molecule has 13 heteroatoms. The standard InChI is InChI=1S/C22H23F6N7/c1-35-11-12(9-31-35)18-10-30-20(34-19(18)32-16-4-2-15(29)3-5-16)33-17-7-13(21(23,24)25)6-14(8-17)22(26,27)28/h6-11,15-16H,2-5,29H2,1H3,(H2,30,32,33,34)/t15-,16-. The molecule has 1 aliphatic carbocycles. The number of halogens is 6. The van der Waals surface area contributed by atoms with Crippen LogP contribution in [0.1, 0.15) is 36.8 Å². The van der Waals surface area contributed by atoms with E-state index in [1.807, 2.05) is 0 Å².